The summed E-state index contributed by atoms with van der Waals surface area (Å²) in [6.45, 7) is 16.6. The Morgan fingerprint density at radius 1 is 0.920 bits per heavy atom. The zero-order chi connectivity index (χ0) is 18.5. The van der Waals surface area contributed by atoms with Gasteiger partial charge in [0, 0.05) is 10.6 Å². The third-order valence-electron chi connectivity index (χ3n) is 6.38. The first kappa shape index (κ1) is 18.6. The summed E-state index contributed by atoms with van der Waals surface area (Å²) in [5.74, 6) is 0. The van der Waals surface area contributed by atoms with Gasteiger partial charge in [-0.25, -0.2) is 0 Å². The predicted octanol–water partition coefficient (Wildman–Crippen LogP) is 6.38. The van der Waals surface area contributed by atoms with E-state index in [4.69, 9.17) is 4.74 Å². The first-order valence-corrected chi connectivity index (χ1v) is 10.7. The fourth-order valence-corrected chi connectivity index (χ4v) is 4.26. The summed E-state index contributed by atoms with van der Waals surface area (Å²) in [5, 5.41) is 0.180. The van der Waals surface area contributed by atoms with Crippen LogP contribution >= 0.6 is 8.58 Å². The van der Waals surface area contributed by atoms with E-state index < -0.39 is 0 Å². The zero-order valence-corrected chi connectivity index (χ0v) is 17.7. The summed E-state index contributed by atoms with van der Waals surface area (Å²) in [6.07, 6.45) is 0. The molecule has 0 saturated carbocycles. The van der Waals surface area contributed by atoms with Crippen LogP contribution in [0.1, 0.15) is 58.2 Å². The van der Waals surface area contributed by atoms with Crippen LogP contribution < -0.4 is 0 Å². The van der Waals surface area contributed by atoms with Crippen molar-refractivity contribution in [3.05, 3.63) is 59.2 Å². The Balaban J connectivity index is 1.88. The smallest absolute Gasteiger partial charge is 0.0724 e. The van der Waals surface area contributed by atoms with Gasteiger partial charge in [0.15, 0.2) is 0 Å². The molecule has 0 N–H and O–H groups in total. The van der Waals surface area contributed by atoms with Crippen molar-refractivity contribution in [2.24, 2.45) is 0 Å². The molecular formula is C23H31OP. The van der Waals surface area contributed by atoms with Crippen molar-refractivity contribution in [1.82, 2.24) is 0 Å². The molecular weight excluding hydrogens is 323 g/mol. The van der Waals surface area contributed by atoms with Gasteiger partial charge in [-0.15, -0.1) is 8.58 Å². The van der Waals surface area contributed by atoms with Crippen molar-refractivity contribution >= 4 is 8.58 Å². The summed E-state index contributed by atoms with van der Waals surface area (Å²) in [4.78, 5) is 0. The maximum Gasteiger partial charge on any atom is 0.0724 e. The van der Waals surface area contributed by atoms with Crippen LogP contribution in [0.2, 0.25) is 0 Å². The van der Waals surface area contributed by atoms with Gasteiger partial charge < -0.3 is 4.74 Å². The molecule has 3 rings (SSSR count). The zero-order valence-electron chi connectivity index (χ0n) is 16.7. The van der Waals surface area contributed by atoms with Gasteiger partial charge >= 0.3 is 0 Å². The average molecular weight is 354 g/mol. The SMILES string of the molecule is CPC(C)(C)C(C)(C)OCc1ccc2c(c1)C(C)(C)c1ccccc1-2. The number of benzene rings is 2. The maximum atomic E-state index is 6.38. The summed E-state index contributed by atoms with van der Waals surface area (Å²) in [6, 6.07) is 15.7. The third kappa shape index (κ3) is 3.07. The maximum absolute atomic E-state index is 6.38. The largest absolute Gasteiger partial charge is 0.370 e. The molecule has 0 amide bonds. The van der Waals surface area contributed by atoms with E-state index in [0.717, 1.165) is 8.58 Å². The van der Waals surface area contributed by atoms with Crippen LogP contribution in [0.4, 0.5) is 0 Å². The highest BCUT2D eigenvalue weighted by molar-refractivity contribution is 7.39. The standard InChI is InChI=1S/C23H31OP/c1-21(2)19-11-9-8-10-17(19)18-13-12-16(14-20(18)21)15-24-22(3,4)23(5,6)25-7/h8-14,25H,15H2,1-7H3. The predicted molar refractivity (Wildman–Crippen MR) is 111 cm³/mol. The van der Waals surface area contributed by atoms with Gasteiger partial charge in [0.1, 0.15) is 0 Å². The van der Waals surface area contributed by atoms with Gasteiger partial charge in [0.25, 0.3) is 0 Å². The molecule has 1 aliphatic rings. The summed E-state index contributed by atoms with van der Waals surface area (Å²) < 4.78 is 6.38. The van der Waals surface area contributed by atoms with Crippen LogP contribution in [0.3, 0.4) is 0 Å². The van der Waals surface area contributed by atoms with Crippen molar-refractivity contribution in [3.63, 3.8) is 0 Å². The second-order valence-corrected chi connectivity index (χ2v) is 10.5. The van der Waals surface area contributed by atoms with Gasteiger partial charge in [-0.3, -0.25) is 0 Å². The summed E-state index contributed by atoms with van der Waals surface area (Å²) >= 11 is 0. The highest BCUT2D eigenvalue weighted by Crippen LogP contribution is 2.49. The van der Waals surface area contributed by atoms with Crippen molar-refractivity contribution in [1.29, 1.82) is 0 Å². The van der Waals surface area contributed by atoms with Crippen molar-refractivity contribution in [3.8, 4) is 11.1 Å². The van der Waals surface area contributed by atoms with E-state index >= 15 is 0 Å². The lowest BCUT2D eigenvalue weighted by Gasteiger charge is -2.41. The molecule has 2 aromatic carbocycles. The number of hydrogen-bond donors (Lipinski definition) is 0. The molecule has 1 unspecified atom stereocenters. The second-order valence-electron chi connectivity index (χ2n) is 8.72. The topological polar surface area (TPSA) is 9.23 Å². The lowest BCUT2D eigenvalue weighted by atomic mass is 9.82. The van der Waals surface area contributed by atoms with Gasteiger partial charge in [0.2, 0.25) is 0 Å². The lowest BCUT2D eigenvalue weighted by molar-refractivity contribution is -0.0501. The molecule has 1 nitrogen and oxygen atoms in total. The van der Waals surface area contributed by atoms with E-state index in [1.807, 2.05) is 0 Å². The normalized spacial score (nSPS) is 16.3. The quantitative estimate of drug-likeness (QED) is 0.567. The van der Waals surface area contributed by atoms with E-state index in [2.05, 4.69) is 90.7 Å². The van der Waals surface area contributed by atoms with E-state index in [9.17, 15) is 0 Å². The second kappa shape index (κ2) is 6.22. The van der Waals surface area contributed by atoms with Crippen LogP contribution in [0.5, 0.6) is 0 Å². The third-order valence-corrected chi connectivity index (χ3v) is 8.23. The Bertz CT molecular complexity index is 786. The van der Waals surface area contributed by atoms with Crippen molar-refractivity contribution in [2.75, 3.05) is 6.66 Å². The molecule has 134 valence electrons. The Labute approximate surface area is 155 Å². The highest BCUT2D eigenvalue weighted by atomic mass is 31.1. The number of rotatable bonds is 5. The van der Waals surface area contributed by atoms with Crippen LogP contribution in [-0.4, -0.2) is 17.4 Å². The molecule has 1 aliphatic carbocycles. The highest BCUT2D eigenvalue weighted by Gasteiger charge is 2.37. The lowest BCUT2D eigenvalue weighted by Crippen LogP contribution is -2.43. The fraction of sp³-hybridized carbons (Fsp3) is 0.478. The molecule has 0 bridgehead atoms. The van der Waals surface area contributed by atoms with Crippen molar-refractivity contribution < 1.29 is 4.74 Å². The summed E-state index contributed by atoms with van der Waals surface area (Å²) in [5.41, 5.74) is 6.78. The number of fused-ring (bicyclic) bond motifs is 3. The minimum atomic E-state index is -0.141. The van der Waals surface area contributed by atoms with E-state index in [1.165, 1.54) is 27.8 Å². The first-order chi connectivity index (χ1) is 11.6. The fourth-order valence-electron chi connectivity index (χ4n) is 3.59. The van der Waals surface area contributed by atoms with Crippen LogP contribution in [0, 0.1) is 0 Å². The monoisotopic (exact) mass is 354 g/mol. The van der Waals surface area contributed by atoms with Crippen molar-refractivity contribution in [2.45, 2.75) is 64.3 Å². The van der Waals surface area contributed by atoms with Gasteiger partial charge in [-0.1, -0.05) is 70.2 Å². The number of hydrogen-bond acceptors (Lipinski definition) is 1. The molecule has 0 saturated heterocycles. The Hall–Kier alpha value is -1.17. The molecule has 0 aliphatic heterocycles. The van der Waals surface area contributed by atoms with Gasteiger partial charge in [-0.2, -0.15) is 0 Å². The van der Waals surface area contributed by atoms with E-state index in [-0.39, 0.29) is 16.2 Å². The Kier molecular flexibility index (Phi) is 4.63. The van der Waals surface area contributed by atoms with Crippen LogP contribution in [0.15, 0.2) is 42.5 Å². The average Bonchev–Trinajstić information content (AvgIpc) is 2.81. The van der Waals surface area contributed by atoms with Gasteiger partial charge in [0.05, 0.1) is 12.2 Å². The molecule has 2 heteroatoms. The van der Waals surface area contributed by atoms with E-state index in [0.29, 0.717) is 6.61 Å². The molecule has 0 aromatic heterocycles. The minimum Gasteiger partial charge on any atom is -0.370 e. The van der Waals surface area contributed by atoms with E-state index in [1.54, 1.807) is 0 Å². The van der Waals surface area contributed by atoms with Crippen LogP contribution in [0.25, 0.3) is 11.1 Å². The first-order valence-electron chi connectivity index (χ1n) is 9.16. The summed E-state index contributed by atoms with van der Waals surface area (Å²) in [7, 11) is 0.853. The Morgan fingerprint density at radius 2 is 1.56 bits per heavy atom. The molecule has 25 heavy (non-hydrogen) atoms. The molecule has 1 atom stereocenters. The molecule has 2 aromatic rings. The molecule has 0 spiro atoms. The molecule has 0 heterocycles. The number of ether oxygens (including phenoxy) is 1. The molecule has 0 fully saturated rings. The van der Waals surface area contributed by atoms with Gasteiger partial charge in [-0.05, 0) is 48.3 Å². The molecule has 0 radical (unpaired) electrons. The van der Waals surface area contributed by atoms with Crippen LogP contribution in [-0.2, 0) is 16.8 Å². The minimum absolute atomic E-state index is 0.0571. The Morgan fingerprint density at radius 3 is 2.24 bits per heavy atom.